The first-order chi connectivity index (χ1) is 20.0. The maximum atomic E-state index is 14.6. The van der Waals surface area contributed by atoms with Gasteiger partial charge in [0.25, 0.3) is 0 Å². The highest BCUT2D eigenvalue weighted by atomic mass is 28.3. The van der Waals surface area contributed by atoms with Crippen LogP contribution in [0.15, 0.2) is 84.9 Å². The molecule has 4 heteroatoms. The Bertz CT molecular complexity index is 1880. The molecular weight excluding hydrogens is 545 g/mol. The second kappa shape index (κ2) is 8.49. The summed E-state index contributed by atoms with van der Waals surface area (Å²) in [6.07, 6.45) is 0. The lowest BCUT2D eigenvalue weighted by Crippen LogP contribution is -2.58. The van der Waals surface area contributed by atoms with E-state index in [9.17, 15) is 9.59 Å². The van der Waals surface area contributed by atoms with E-state index in [-0.39, 0.29) is 35.2 Å². The van der Waals surface area contributed by atoms with Gasteiger partial charge >= 0.3 is 0 Å². The van der Waals surface area contributed by atoms with Crippen LogP contribution in [-0.2, 0) is 0 Å². The highest BCUT2D eigenvalue weighted by Gasteiger charge is 2.59. The number of hydrogen-bond acceptors (Lipinski definition) is 2. The smallest absolute Gasteiger partial charge is 0.168 e. The first-order valence-electron chi connectivity index (χ1n) is 15.3. The van der Waals surface area contributed by atoms with E-state index in [1.54, 1.807) is 0 Å². The molecule has 0 fully saturated rings. The zero-order valence-corrected chi connectivity index (χ0v) is 27.2. The molecule has 0 spiro atoms. The van der Waals surface area contributed by atoms with Crippen molar-refractivity contribution in [3.05, 3.63) is 118 Å². The number of rotatable bonds is 2. The van der Waals surface area contributed by atoms with Crippen LogP contribution in [0.4, 0.5) is 0 Å². The minimum atomic E-state index is -1.95. The first kappa shape index (κ1) is 26.1. The maximum absolute atomic E-state index is 14.6. The molecule has 0 radical (unpaired) electrons. The number of benzene rings is 5. The predicted molar refractivity (Wildman–Crippen MR) is 180 cm³/mol. The van der Waals surface area contributed by atoms with E-state index in [4.69, 9.17) is 0 Å². The molecule has 0 heterocycles. The monoisotopic (exact) mass is 580 g/mol. The van der Waals surface area contributed by atoms with E-state index < -0.39 is 16.1 Å². The highest BCUT2D eigenvalue weighted by molar-refractivity contribution is 6.93. The van der Waals surface area contributed by atoms with E-state index >= 15 is 0 Å². The van der Waals surface area contributed by atoms with Crippen LogP contribution in [0.5, 0.6) is 0 Å². The zero-order chi connectivity index (χ0) is 29.3. The first-order valence-corrected chi connectivity index (χ1v) is 22.3. The van der Waals surface area contributed by atoms with Gasteiger partial charge in [-0.3, -0.25) is 9.59 Å². The van der Waals surface area contributed by atoms with Gasteiger partial charge in [0.05, 0.1) is 16.1 Å². The quantitative estimate of drug-likeness (QED) is 0.157. The summed E-state index contributed by atoms with van der Waals surface area (Å²) in [6, 6.07) is 29.9. The van der Waals surface area contributed by atoms with Crippen molar-refractivity contribution in [3.63, 3.8) is 0 Å². The molecule has 4 atom stereocenters. The van der Waals surface area contributed by atoms with Crippen molar-refractivity contribution < 1.29 is 9.59 Å². The SMILES string of the molecule is C[Si](C)(C)c1c2c(c([Si](C)(C)C)c3cc4ccccc4cc13)[C@@H]1c3ccccc3[C@H]2[C@H]2C(=O)c3ccccc3C(=O)[C@@H]12. The summed E-state index contributed by atoms with van der Waals surface area (Å²) < 4.78 is 0. The summed E-state index contributed by atoms with van der Waals surface area (Å²) in [7, 11) is -3.91. The topological polar surface area (TPSA) is 34.1 Å². The molecule has 9 rings (SSSR count). The Labute approximate surface area is 249 Å². The number of ketones is 2. The van der Waals surface area contributed by atoms with Crippen molar-refractivity contribution in [1.29, 1.82) is 0 Å². The van der Waals surface area contributed by atoms with Gasteiger partial charge in [-0.15, -0.1) is 0 Å². The van der Waals surface area contributed by atoms with Crippen LogP contribution in [0.25, 0.3) is 21.5 Å². The molecule has 0 aromatic heterocycles. The molecule has 2 bridgehead atoms. The van der Waals surface area contributed by atoms with Gasteiger partial charge in [0.15, 0.2) is 11.6 Å². The van der Waals surface area contributed by atoms with E-state index in [1.807, 2.05) is 24.3 Å². The second-order valence-corrected chi connectivity index (χ2v) is 24.7. The lowest BCUT2D eigenvalue weighted by Gasteiger charge is -2.54. The minimum Gasteiger partial charge on any atom is -0.294 e. The van der Waals surface area contributed by atoms with E-state index in [2.05, 4.69) is 99.9 Å². The van der Waals surface area contributed by atoms with Gasteiger partial charge < -0.3 is 0 Å². The molecule has 208 valence electrons. The molecule has 0 saturated carbocycles. The predicted octanol–water partition coefficient (Wildman–Crippen LogP) is 7.99. The van der Waals surface area contributed by atoms with Gasteiger partial charge in [0.1, 0.15) is 0 Å². The molecular formula is C38H36O2Si2. The number of fused-ring (bicyclic) bond motifs is 3. The van der Waals surface area contributed by atoms with Gasteiger partial charge in [-0.25, -0.2) is 0 Å². The van der Waals surface area contributed by atoms with Gasteiger partial charge in [-0.2, -0.15) is 0 Å². The van der Waals surface area contributed by atoms with Crippen LogP contribution in [0.1, 0.15) is 54.8 Å². The average molecular weight is 581 g/mol. The van der Waals surface area contributed by atoms with E-state index in [1.165, 1.54) is 54.2 Å². The fourth-order valence-electron chi connectivity index (χ4n) is 8.93. The Morgan fingerprint density at radius 1 is 0.500 bits per heavy atom. The summed E-state index contributed by atoms with van der Waals surface area (Å²) in [5.41, 5.74) is 6.56. The van der Waals surface area contributed by atoms with Gasteiger partial charge in [-0.1, -0.05) is 112 Å². The molecule has 4 aliphatic carbocycles. The Morgan fingerprint density at radius 3 is 1.24 bits per heavy atom. The summed E-state index contributed by atoms with van der Waals surface area (Å²) in [6.45, 7) is 14.8. The molecule has 0 saturated heterocycles. The Kier molecular flexibility index (Phi) is 5.26. The van der Waals surface area contributed by atoms with E-state index in [0.717, 1.165) is 0 Å². The lowest BCUT2D eigenvalue weighted by atomic mass is 9.49. The lowest BCUT2D eigenvalue weighted by molar-refractivity contribution is 0.0665. The summed E-state index contributed by atoms with van der Waals surface area (Å²) >= 11 is 0. The average Bonchev–Trinajstić information content (AvgIpc) is 2.95. The van der Waals surface area contributed by atoms with Gasteiger partial charge in [-0.05, 0) is 66.3 Å². The summed E-state index contributed by atoms with van der Waals surface area (Å²) in [4.78, 5) is 29.1. The number of hydrogen-bond donors (Lipinski definition) is 0. The maximum Gasteiger partial charge on any atom is 0.168 e. The van der Waals surface area contributed by atoms with Gasteiger partial charge in [0, 0.05) is 34.8 Å². The normalized spacial score (nSPS) is 22.6. The van der Waals surface area contributed by atoms with Crippen LogP contribution < -0.4 is 10.4 Å². The Hall–Kier alpha value is -3.61. The summed E-state index contributed by atoms with van der Waals surface area (Å²) in [5.74, 6) is -0.628. The number of carbonyl (C=O) groups excluding carboxylic acids is 2. The van der Waals surface area contributed by atoms with Crippen molar-refractivity contribution in [2.45, 2.75) is 51.1 Å². The minimum absolute atomic E-state index is 0.108. The van der Waals surface area contributed by atoms with Crippen LogP contribution in [-0.4, -0.2) is 27.7 Å². The third kappa shape index (κ3) is 3.31. The molecule has 0 unspecified atom stereocenters. The Balaban J connectivity index is 1.60. The molecule has 2 nitrogen and oxygen atoms in total. The molecule has 5 aromatic carbocycles. The number of carbonyl (C=O) groups is 2. The Morgan fingerprint density at radius 2 is 0.857 bits per heavy atom. The molecule has 42 heavy (non-hydrogen) atoms. The third-order valence-corrected chi connectivity index (χ3v) is 14.3. The van der Waals surface area contributed by atoms with Crippen molar-refractivity contribution in [2.24, 2.45) is 11.8 Å². The van der Waals surface area contributed by atoms with Crippen molar-refractivity contribution in [2.75, 3.05) is 0 Å². The highest BCUT2D eigenvalue weighted by Crippen LogP contribution is 2.61. The van der Waals surface area contributed by atoms with Crippen LogP contribution >= 0.6 is 0 Å². The van der Waals surface area contributed by atoms with Crippen LogP contribution in [0.3, 0.4) is 0 Å². The van der Waals surface area contributed by atoms with Crippen LogP contribution in [0.2, 0.25) is 39.3 Å². The van der Waals surface area contributed by atoms with Crippen LogP contribution in [0, 0.1) is 11.8 Å². The molecule has 5 aromatic rings. The zero-order valence-electron chi connectivity index (χ0n) is 25.2. The fourth-order valence-corrected chi connectivity index (χ4v) is 13.2. The van der Waals surface area contributed by atoms with Gasteiger partial charge in [0.2, 0.25) is 0 Å². The van der Waals surface area contributed by atoms with Crippen molar-refractivity contribution >= 4 is 59.6 Å². The standard InChI is InChI=1S/C38H36O2Si2/c1-41(2,3)37-27-19-21-13-7-8-14-22(21)20-28(27)38(42(4,5)6)34-30-24-16-10-9-15-23(24)29(33(34)37)31-32(30)36(40)26-18-12-11-17-25(26)35(31)39/h7-20,29-32H,1-6H3/t29-,30+,31+,32-. The summed E-state index contributed by atoms with van der Waals surface area (Å²) in [5, 5.41) is 8.26. The fraction of sp³-hybridized carbons (Fsp3) is 0.263. The van der Waals surface area contributed by atoms with Crippen molar-refractivity contribution in [1.82, 2.24) is 0 Å². The third-order valence-electron chi connectivity index (χ3n) is 10.2. The molecule has 0 aliphatic heterocycles. The largest absolute Gasteiger partial charge is 0.294 e. The molecule has 4 aliphatic rings. The molecule has 0 amide bonds. The molecule has 0 N–H and O–H groups in total. The second-order valence-electron chi connectivity index (χ2n) is 14.7. The number of Topliss-reactive ketones (excluding diaryl/α,β-unsaturated/α-hetero) is 2. The van der Waals surface area contributed by atoms with Crippen molar-refractivity contribution in [3.8, 4) is 0 Å². The van der Waals surface area contributed by atoms with E-state index in [0.29, 0.717) is 11.1 Å².